The molecule has 1 aliphatic heterocycles. The summed E-state index contributed by atoms with van der Waals surface area (Å²) in [5.41, 5.74) is 1.33. The Morgan fingerprint density at radius 3 is 2.72 bits per heavy atom. The summed E-state index contributed by atoms with van der Waals surface area (Å²) in [4.78, 5) is 0. The molecule has 2 rings (SSSR count). The molecule has 0 aliphatic carbocycles. The molecule has 0 amide bonds. The van der Waals surface area contributed by atoms with E-state index in [1.807, 2.05) is 26.1 Å². The molecule has 0 bridgehead atoms. The summed E-state index contributed by atoms with van der Waals surface area (Å²) in [5.74, 6) is 1.63. The van der Waals surface area contributed by atoms with Gasteiger partial charge < -0.3 is 14.8 Å². The van der Waals surface area contributed by atoms with Crippen LogP contribution in [0.5, 0.6) is 5.75 Å². The van der Waals surface area contributed by atoms with Gasteiger partial charge >= 0.3 is 0 Å². The second-order valence-corrected chi connectivity index (χ2v) is 4.81. The van der Waals surface area contributed by atoms with Crippen LogP contribution in [0.25, 0.3) is 0 Å². The normalized spacial score (nSPS) is 20.9. The average Bonchev–Trinajstić information content (AvgIpc) is 2.90. The molecule has 100 valence electrons. The van der Waals surface area contributed by atoms with Crippen LogP contribution in [0.2, 0.25) is 0 Å². The quantitative estimate of drug-likeness (QED) is 0.841. The van der Waals surface area contributed by atoms with Gasteiger partial charge in [0.2, 0.25) is 0 Å². The lowest BCUT2D eigenvalue weighted by Crippen LogP contribution is -2.20. The van der Waals surface area contributed by atoms with Crippen LogP contribution in [0.15, 0.2) is 24.3 Å². The number of ether oxygens (including phenoxy) is 2. The predicted molar refractivity (Wildman–Crippen MR) is 73.0 cm³/mol. The zero-order valence-electron chi connectivity index (χ0n) is 11.3. The fraction of sp³-hybridized carbons (Fsp3) is 0.600. The van der Waals surface area contributed by atoms with Crippen molar-refractivity contribution in [2.45, 2.75) is 25.8 Å². The van der Waals surface area contributed by atoms with E-state index in [0.29, 0.717) is 18.6 Å². The van der Waals surface area contributed by atoms with Gasteiger partial charge in [0, 0.05) is 19.3 Å². The Kier molecular flexibility index (Phi) is 5.02. The monoisotopic (exact) mass is 249 g/mol. The van der Waals surface area contributed by atoms with E-state index in [4.69, 9.17) is 9.47 Å². The van der Waals surface area contributed by atoms with Crippen molar-refractivity contribution in [2.75, 3.05) is 26.9 Å². The Hall–Kier alpha value is -1.06. The van der Waals surface area contributed by atoms with Gasteiger partial charge in [-0.1, -0.05) is 12.1 Å². The van der Waals surface area contributed by atoms with Gasteiger partial charge in [-0.3, -0.25) is 0 Å². The van der Waals surface area contributed by atoms with Gasteiger partial charge in [0.05, 0.1) is 6.61 Å². The Morgan fingerprint density at radius 2 is 2.17 bits per heavy atom. The zero-order chi connectivity index (χ0) is 12.8. The summed E-state index contributed by atoms with van der Waals surface area (Å²) in [7, 11) is 2.02. The topological polar surface area (TPSA) is 30.5 Å². The summed E-state index contributed by atoms with van der Waals surface area (Å²) in [5, 5.41) is 3.40. The lowest BCUT2D eigenvalue weighted by Gasteiger charge is -2.20. The molecule has 0 radical (unpaired) electrons. The van der Waals surface area contributed by atoms with E-state index < -0.39 is 0 Å². The molecule has 0 spiro atoms. The van der Waals surface area contributed by atoms with Gasteiger partial charge in [-0.15, -0.1) is 0 Å². The van der Waals surface area contributed by atoms with Crippen molar-refractivity contribution in [3.8, 4) is 5.75 Å². The van der Waals surface area contributed by atoms with Gasteiger partial charge in [-0.2, -0.15) is 0 Å². The summed E-state index contributed by atoms with van der Waals surface area (Å²) in [6.07, 6.45) is 2.33. The second kappa shape index (κ2) is 6.76. The SMILES string of the molecule is CCOc1ccc(C(CC2CCOC2)NC)cc1. The number of benzene rings is 1. The fourth-order valence-electron chi connectivity index (χ4n) is 2.49. The minimum atomic E-state index is 0.410. The van der Waals surface area contributed by atoms with Crippen molar-refractivity contribution in [3.63, 3.8) is 0 Å². The molecule has 2 atom stereocenters. The lowest BCUT2D eigenvalue weighted by atomic mass is 9.94. The fourth-order valence-corrected chi connectivity index (χ4v) is 2.49. The van der Waals surface area contributed by atoms with Crippen LogP contribution in [-0.4, -0.2) is 26.9 Å². The molecule has 3 nitrogen and oxygen atoms in total. The molecule has 0 aromatic heterocycles. The molecule has 0 saturated carbocycles. The first kappa shape index (κ1) is 13.4. The molecule has 1 aromatic carbocycles. The van der Waals surface area contributed by atoms with Crippen molar-refractivity contribution in [2.24, 2.45) is 5.92 Å². The van der Waals surface area contributed by atoms with Gasteiger partial charge in [0.25, 0.3) is 0 Å². The third-order valence-corrected chi connectivity index (χ3v) is 3.53. The summed E-state index contributed by atoms with van der Waals surface area (Å²) < 4.78 is 10.9. The van der Waals surface area contributed by atoms with Crippen molar-refractivity contribution in [3.05, 3.63) is 29.8 Å². The number of hydrogen-bond donors (Lipinski definition) is 1. The maximum atomic E-state index is 5.47. The van der Waals surface area contributed by atoms with Crippen molar-refractivity contribution in [1.82, 2.24) is 5.32 Å². The van der Waals surface area contributed by atoms with Gasteiger partial charge in [0.15, 0.2) is 0 Å². The molecular weight excluding hydrogens is 226 g/mol. The van der Waals surface area contributed by atoms with Gasteiger partial charge in [-0.25, -0.2) is 0 Å². The van der Waals surface area contributed by atoms with Crippen LogP contribution in [0.4, 0.5) is 0 Å². The first-order valence-electron chi connectivity index (χ1n) is 6.81. The number of hydrogen-bond acceptors (Lipinski definition) is 3. The van der Waals surface area contributed by atoms with E-state index in [0.717, 1.165) is 25.4 Å². The third kappa shape index (κ3) is 3.47. The van der Waals surface area contributed by atoms with Crippen LogP contribution in [0, 0.1) is 5.92 Å². The molecule has 2 unspecified atom stereocenters. The second-order valence-electron chi connectivity index (χ2n) is 4.81. The van der Waals surface area contributed by atoms with Crippen LogP contribution in [0.3, 0.4) is 0 Å². The highest BCUT2D eigenvalue weighted by atomic mass is 16.5. The highest BCUT2D eigenvalue weighted by Gasteiger charge is 2.20. The van der Waals surface area contributed by atoms with Crippen LogP contribution in [0.1, 0.15) is 31.4 Å². The van der Waals surface area contributed by atoms with E-state index in [-0.39, 0.29) is 0 Å². The lowest BCUT2D eigenvalue weighted by molar-refractivity contribution is 0.181. The standard InChI is InChI=1S/C15H23NO2/c1-3-18-14-6-4-13(5-7-14)15(16-2)10-12-8-9-17-11-12/h4-7,12,15-16H,3,8-11H2,1-2H3. The Labute approximate surface area is 109 Å². The Balaban J connectivity index is 1.97. The molecule has 3 heteroatoms. The summed E-state index contributed by atoms with van der Waals surface area (Å²) in [6.45, 7) is 4.55. The molecule has 1 saturated heterocycles. The smallest absolute Gasteiger partial charge is 0.119 e. The molecule has 1 fully saturated rings. The van der Waals surface area contributed by atoms with Gasteiger partial charge in [0.1, 0.15) is 5.75 Å². The number of nitrogens with one attached hydrogen (secondary N) is 1. The van der Waals surface area contributed by atoms with Crippen molar-refractivity contribution >= 4 is 0 Å². The first-order valence-corrected chi connectivity index (χ1v) is 6.81. The largest absolute Gasteiger partial charge is 0.494 e. The van der Waals surface area contributed by atoms with E-state index in [1.165, 1.54) is 12.0 Å². The van der Waals surface area contributed by atoms with E-state index >= 15 is 0 Å². The highest BCUT2D eigenvalue weighted by Crippen LogP contribution is 2.27. The van der Waals surface area contributed by atoms with Crippen LogP contribution in [-0.2, 0) is 4.74 Å². The van der Waals surface area contributed by atoms with E-state index in [2.05, 4.69) is 17.4 Å². The minimum absolute atomic E-state index is 0.410. The average molecular weight is 249 g/mol. The Morgan fingerprint density at radius 1 is 1.39 bits per heavy atom. The maximum absolute atomic E-state index is 5.47. The molecular formula is C15H23NO2. The summed E-state index contributed by atoms with van der Waals surface area (Å²) in [6, 6.07) is 8.82. The van der Waals surface area contributed by atoms with Gasteiger partial charge in [-0.05, 0) is 50.4 Å². The Bertz CT molecular complexity index is 344. The summed E-state index contributed by atoms with van der Waals surface area (Å²) >= 11 is 0. The van der Waals surface area contributed by atoms with Crippen molar-refractivity contribution < 1.29 is 9.47 Å². The third-order valence-electron chi connectivity index (χ3n) is 3.53. The molecule has 1 aromatic rings. The molecule has 18 heavy (non-hydrogen) atoms. The maximum Gasteiger partial charge on any atom is 0.119 e. The first-order chi connectivity index (χ1) is 8.83. The minimum Gasteiger partial charge on any atom is -0.494 e. The van der Waals surface area contributed by atoms with Crippen LogP contribution >= 0.6 is 0 Å². The number of rotatable bonds is 6. The predicted octanol–water partition coefficient (Wildman–Crippen LogP) is 2.77. The molecule has 1 N–H and O–H groups in total. The zero-order valence-corrected chi connectivity index (χ0v) is 11.3. The van der Waals surface area contributed by atoms with E-state index in [1.54, 1.807) is 0 Å². The van der Waals surface area contributed by atoms with Crippen LogP contribution < -0.4 is 10.1 Å². The highest BCUT2D eigenvalue weighted by molar-refractivity contribution is 5.29. The molecule has 1 aliphatic rings. The van der Waals surface area contributed by atoms with Crippen molar-refractivity contribution in [1.29, 1.82) is 0 Å². The molecule has 1 heterocycles. The van der Waals surface area contributed by atoms with E-state index in [9.17, 15) is 0 Å².